The van der Waals surface area contributed by atoms with Crippen molar-refractivity contribution in [3.05, 3.63) is 59.7 Å². The SMILES string of the molecule is O=C(O)/C=C/C(=O)Nc1ccc2c(c1)Cc1cc(O)ccc1-2. The standard InChI is InChI=1S/C17H13NO4/c19-13-2-4-15-11(9-13)7-10-8-12(1-3-14(10)15)18-16(20)5-6-17(21)22/h1-6,8-9,19H,7H2,(H,18,20)(H,21,22)/b6-5+. The predicted octanol–water partition coefficient (Wildman–Crippen LogP) is 2.54. The van der Waals surface area contributed by atoms with Crippen molar-refractivity contribution in [3.63, 3.8) is 0 Å². The Morgan fingerprint density at radius 1 is 1.00 bits per heavy atom. The first-order chi connectivity index (χ1) is 10.5. The zero-order valence-corrected chi connectivity index (χ0v) is 11.5. The van der Waals surface area contributed by atoms with Crippen LogP contribution in [-0.2, 0) is 16.0 Å². The van der Waals surface area contributed by atoms with E-state index in [2.05, 4.69) is 5.32 Å². The van der Waals surface area contributed by atoms with E-state index in [0.717, 1.165) is 34.4 Å². The van der Waals surface area contributed by atoms with Gasteiger partial charge in [0.15, 0.2) is 0 Å². The van der Waals surface area contributed by atoms with Gasteiger partial charge in [-0.05, 0) is 52.9 Å². The quantitative estimate of drug-likeness (QED) is 0.648. The van der Waals surface area contributed by atoms with Crippen LogP contribution in [0.15, 0.2) is 48.6 Å². The van der Waals surface area contributed by atoms with Gasteiger partial charge in [0.1, 0.15) is 5.75 Å². The number of hydrogen-bond acceptors (Lipinski definition) is 3. The number of carbonyl (C=O) groups is 2. The third kappa shape index (κ3) is 2.69. The van der Waals surface area contributed by atoms with Gasteiger partial charge in [0.05, 0.1) is 0 Å². The van der Waals surface area contributed by atoms with Crippen molar-refractivity contribution in [3.8, 4) is 16.9 Å². The van der Waals surface area contributed by atoms with E-state index in [1.54, 1.807) is 18.2 Å². The first-order valence-electron chi connectivity index (χ1n) is 6.70. The fourth-order valence-electron chi connectivity index (χ4n) is 2.61. The molecule has 3 N–H and O–H groups in total. The van der Waals surface area contributed by atoms with E-state index in [9.17, 15) is 14.7 Å². The number of anilines is 1. The van der Waals surface area contributed by atoms with Crippen molar-refractivity contribution >= 4 is 17.6 Å². The molecule has 22 heavy (non-hydrogen) atoms. The lowest BCUT2D eigenvalue weighted by Gasteiger charge is -2.05. The Bertz CT molecular complexity index is 808. The molecule has 0 saturated carbocycles. The lowest BCUT2D eigenvalue weighted by molar-refractivity contribution is -0.131. The van der Waals surface area contributed by atoms with E-state index < -0.39 is 11.9 Å². The molecule has 0 fully saturated rings. The van der Waals surface area contributed by atoms with Crippen LogP contribution in [0, 0.1) is 0 Å². The molecule has 1 aliphatic rings. The average molecular weight is 295 g/mol. The summed E-state index contributed by atoms with van der Waals surface area (Å²) in [6.45, 7) is 0. The lowest BCUT2D eigenvalue weighted by Crippen LogP contribution is -2.08. The maximum atomic E-state index is 11.6. The average Bonchev–Trinajstić information content (AvgIpc) is 2.81. The number of amides is 1. The molecule has 0 radical (unpaired) electrons. The summed E-state index contributed by atoms with van der Waals surface area (Å²) in [7, 11) is 0. The van der Waals surface area contributed by atoms with Gasteiger partial charge < -0.3 is 15.5 Å². The molecule has 0 unspecified atom stereocenters. The Labute approximate surface area is 126 Å². The number of carboxylic acids is 1. The molecule has 2 aromatic carbocycles. The highest BCUT2D eigenvalue weighted by atomic mass is 16.4. The van der Waals surface area contributed by atoms with Gasteiger partial charge >= 0.3 is 5.97 Å². The largest absolute Gasteiger partial charge is 0.508 e. The van der Waals surface area contributed by atoms with Gasteiger partial charge in [0.25, 0.3) is 0 Å². The minimum Gasteiger partial charge on any atom is -0.508 e. The van der Waals surface area contributed by atoms with Crippen LogP contribution >= 0.6 is 0 Å². The van der Waals surface area contributed by atoms with Crippen LogP contribution in [0.4, 0.5) is 5.69 Å². The molecule has 0 heterocycles. The molecule has 1 aliphatic carbocycles. The Morgan fingerprint density at radius 3 is 2.41 bits per heavy atom. The Kier molecular flexibility index (Phi) is 3.39. The van der Waals surface area contributed by atoms with Gasteiger partial charge in [0.2, 0.25) is 5.91 Å². The monoisotopic (exact) mass is 295 g/mol. The molecule has 3 rings (SSSR count). The number of aromatic hydroxyl groups is 1. The van der Waals surface area contributed by atoms with E-state index >= 15 is 0 Å². The Morgan fingerprint density at radius 2 is 1.68 bits per heavy atom. The maximum absolute atomic E-state index is 11.6. The molecular formula is C17H13NO4. The molecule has 0 aliphatic heterocycles. The topological polar surface area (TPSA) is 86.6 Å². The number of carbonyl (C=O) groups excluding carboxylic acids is 1. The van der Waals surface area contributed by atoms with Gasteiger partial charge in [-0.1, -0.05) is 12.1 Å². The maximum Gasteiger partial charge on any atom is 0.328 e. The molecule has 0 aromatic heterocycles. The fraction of sp³-hybridized carbons (Fsp3) is 0.0588. The van der Waals surface area contributed by atoms with Gasteiger partial charge in [-0.25, -0.2) is 4.79 Å². The van der Waals surface area contributed by atoms with Crippen LogP contribution in [0.5, 0.6) is 5.75 Å². The van der Waals surface area contributed by atoms with Crippen LogP contribution in [0.1, 0.15) is 11.1 Å². The molecule has 0 atom stereocenters. The second-order valence-corrected chi connectivity index (χ2v) is 5.05. The number of phenols is 1. The number of rotatable bonds is 3. The van der Waals surface area contributed by atoms with Crippen molar-refractivity contribution in [2.75, 3.05) is 5.32 Å². The molecule has 2 aromatic rings. The smallest absolute Gasteiger partial charge is 0.328 e. The zero-order valence-electron chi connectivity index (χ0n) is 11.5. The third-order valence-corrected chi connectivity index (χ3v) is 3.51. The summed E-state index contributed by atoms with van der Waals surface area (Å²) < 4.78 is 0. The van der Waals surface area contributed by atoms with Gasteiger partial charge in [0, 0.05) is 17.8 Å². The summed E-state index contributed by atoms with van der Waals surface area (Å²) >= 11 is 0. The van der Waals surface area contributed by atoms with E-state index in [4.69, 9.17) is 5.11 Å². The molecule has 0 spiro atoms. The highest BCUT2D eigenvalue weighted by Crippen LogP contribution is 2.39. The first kappa shape index (κ1) is 13.9. The van der Waals surface area contributed by atoms with Gasteiger partial charge in [-0.2, -0.15) is 0 Å². The number of hydrogen-bond donors (Lipinski definition) is 3. The number of carboxylic acid groups (broad SMARTS) is 1. The van der Waals surface area contributed by atoms with E-state index in [-0.39, 0.29) is 5.75 Å². The summed E-state index contributed by atoms with van der Waals surface area (Å²) in [4.78, 5) is 22.0. The molecule has 5 nitrogen and oxygen atoms in total. The normalized spacial score (nSPS) is 12.0. The van der Waals surface area contributed by atoms with Crippen molar-refractivity contribution in [1.82, 2.24) is 0 Å². The zero-order chi connectivity index (χ0) is 15.7. The summed E-state index contributed by atoms with van der Waals surface area (Å²) in [5.41, 5.74) is 4.87. The van der Waals surface area contributed by atoms with Crippen LogP contribution in [0.3, 0.4) is 0 Å². The molecule has 5 heteroatoms. The molecule has 0 saturated heterocycles. The summed E-state index contributed by atoms with van der Waals surface area (Å²) in [6, 6.07) is 10.8. The highest BCUT2D eigenvalue weighted by Gasteiger charge is 2.19. The number of nitrogens with one attached hydrogen (secondary N) is 1. The lowest BCUT2D eigenvalue weighted by atomic mass is 10.1. The van der Waals surface area contributed by atoms with Crippen molar-refractivity contribution < 1.29 is 19.8 Å². The Balaban J connectivity index is 1.82. The number of benzene rings is 2. The van der Waals surface area contributed by atoms with Crippen molar-refractivity contribution in [2.45, 2.75) is 6.42 Å². The van der Waals surface area contributed by atoms with Crippen LogP contribution < -0.4 is 5.32 Å². The number of fused-ring (bicyclic) bond motifs is 3. The molecule has 110 valence electrons. The van der Waals surface area contributed by atoms with E-state index in [0.29, 0.717) is 12.1 Å². The molecular weight excluding hydrogens is 282 g/mol. The first-order valence-corrected chi connectivity index (χ1v) is 6.70. The fourth-order valence-corrected chi connectivity index (χ4v) is 2.61. The predicted molar refractivity (Wildman–Crippen MR) is 81.8 cm³/mol. The highest BCUT2D eigenvalue weighted by molar-refractivity contribution is 6.02. The summed E-state index contributed by atoms with van der Waals surface area (Å²) in [5.74, 6) is -1.42. The summed E-state index contributed by atoms with van der Waals surface area (Å²) in [6.07, 6.45) is 2.46. The number of aliphatic carboxylic acids is 1. The van der Waals surface area contributed by atoms with Gasteiger partial charge in [-0.15, -0.1) is 0 Å². The van der Waals surface area contributed by atoms with Crippen molar-refractivity contribution in [2.24, 2.45) is 0 Å². The van der Waals surface area contributed by atoms with Crippen molar-refractivity contribution in [1.29, 1.82) is 0 Å². The second-order valence-electron chi connectivity index (χ2n) is 5.05. The molecule has 1 amide bonds. The van der Waals surface area contributed by atoms with Gasteiger partial charge in [-0.3, -0.25) is 4.79 Å². The van der Waals surface area contributed by atoms with E-state index in [1.807, 2.05) is 18.2 Å². The third-order valence-electron chi connectivity index (χ3n) is 3.51. The minimum atomic E-state index is -1.17. The van der Waals surface area contributed by atoms with E-state index in [1.165, 1.54) is 0 Å². The second kappa shape index (κ2) is 5.37. The number of phenolic OH excluding ortho intramolecular Hbond substituents is 1. The molecule has 0 bridgehead atoms. The van der Waals surface area contributed by atoms with Crippen LogP contribution in [-0.4, -0.2) is 22.1 Å². The van der Waals surface area contributed by atoms with Crippen LogP contribution in [0.25, 0.3) is 11.1 Å². The van der Waals surface area contributed by atoms with Crippen LogP contribution in [0.2, 0.25) is 0 Å². The minimum absolute atomic E-state index is 0.235. The Hall–Kier alpha value is -3.08. The summed E-state index contributed by atoms with van der Waals surface area (Å²) in [5, 5.41) is 20.7.